The zero-order valence-corrected chi connectivity index (χ0v) is 16.8. The lowest BCUT2D eigenvalue weighted by molar-refractivity contribution is -0.139. The predicted molar refractivity (Wildman–Crippen MR) is 107 cm³/mol. The van der Waals surface area contributed by atoms with Crippen LogP contribution in [0.25, 0.3) is 0 Å². The molecule has 0 radical (unpaired) electrons. The molecule has 0 atom stereocenters. The first-order valence-corrected chi connectivity index (χ1v) is 10.4. The first-order valence-electron chi connectivity index (χ1n) is 8.94. The number of hydrogen-bond donors (Lipinski definition) is 1. The number of aryl methyl sites for hydroxylation is 1. The molecule has 0 spiro atoms. The van der Waals surface area contributed by atoms with E-state index >= 15 is 0 Å². The van der Waals surface area contributed by atoms with Crippen LogP contribution in [0.4, 0.5) is 11.5 Å². The van der Waals surface area contributed by atoms with Gasteiger partial charge < -0.3 is 15.4 Å². The van der Waals surface area contributed by atoms with Gasteiger partial charge in [-0.3, -0.25) is 4.79 Å². The molecule has 0 saturated carbocycles. The summed E-state index contributed by atoms with van der Waals surface area (Å²) in [7, 11) is -2.33. The summed E-state index contributed by atoms with van der Waals surface area (Å²) in [6.45, 7) is 3.63. The Labute approximate surface area is 165 Å². The number of benzene rings is 1. The van der Waals surface area contributed by atoms with Crippen molar-refractivity contribution in [3.63, 3.8) is 0 Å². The molecule has 150 valence electrons. The van der Waals surface area contributed by atoms with Gasteiger partial charge in [0.25, 0.3) is 0 Å². The number of pyridine rings is 1. The molecule has 1 aliphatic rings. The molecule has 2 aromatic rings. The quantitative estimate of drug-likeness (QED) is 0.746. The van der Waals surface area contributed by atoms with Gasteiger partial charge in [-0.05, 0) is 42.3 Å². The Morgan fingerprint density at radius 3 is 2.50 bits per heavy atom. The first-order chi connectivity index (χ1) is 13.3. The van der Waals surface area contributed by atoms with Gasteiger partial charge in [-0.1, -0.05) is 6.07 Å². The predicted octanol–water partition coefficient (Wildman–Crippen LogP) is 1.20. The van der Waals surface area contributed by atoms with Crippen LogP contribution in [0.15, 0.2) is 41.4 Å². The van der Waals surface area contributed by atoms with Crippen molar-refractivity contribution in [3.8, 4) is 0 Å². The Morgan fingerprint density at radius 2 is 1.89 bits per heavy atom. The number of anilines is 2. The van der Waals surface area contributed by atoms with Gasteiger partial charge in [-0.25, -0.2) is 13.4 Å². The van der Waals surface area contributed by atoms with Crippen LogP contribution in [-0.4, -0.2) is 57.0 Å². The number of carbonyl (C=O) groups is 1. The zero-order valence-electron chi connectivity index (χ0n) is 16.0. The van der Waals surface area contributed by atoms with Crippen LogP contribution in [0, 0.1) is 6.92 Å². The third-order valence-corrected chi connectivity index (χ3v) is 6.75. The van der Waals surface area contributed by atoms with E-state index < -0.39 is 16.0 Å². The van der Waals surface area contributed by atoms with E-state index in [0.717, 1.165) is 11.4 Å². The smallest absolute Gasteiger partial charge is 0.309 e. The highest BCUT2D eigenvalue weighted by molar-refractivity contribution is 7.89. The average Bonchev–Trinajstić information content (AvgIpc) is 2.70. The molecule has 1 aromatic heterocycles. The third kappa shape index (κ3) is 4.26. The summed E-state index contributed by atoms with van der Waals surface area (Å²) in [5.41, 5.74) is 7.76. The van der Waals surface area contributed by atoms with E-state index in [1.807, 2.05) is 17.9 Å². The number of hydrogen-bond acceptors (Lipinski definition) is 7. The summed E-state index contributed by atoms with van der Waals surface area (Å²) in [6.07, 6.45) is 1.63. The molecule has 2 N–H and O–H groups in total. The molecule has 1 aliphatic heterocycles. The maximum absolute atomic E-state index is 13.1. The van der Waals surface area contributed by atoms with Crippen LogP contribution in [-0.2, 0) is 26.0 Å². The van der Waals surface area contributed by atoms with Gasteiger partial charge in [-0.15, -0.1) is 0 Å². The van der Waals surface area contributed by atoms with Crippen molar-refractivity contribution in [2.24, 2.45) is 0 Å². The highest BCUT2D eigenvalue weighted by Crippen LogP contribution is 2.23. The molecular formula is C19H24N4O4S. The second kappa shape index (κ2) is 8.15. The van der Waals surface area contributed by atoms with Gasteiger partial charge in [0.2, 0.25) is 10.0 Å². The number of carbonyl (C=O) groups excluding carboxylic acids is 1. The van der Waals surface area contributed by atoms with E-state index in [1.54, 1.807) is 30.5 Å². The Morgan fingerprint density at radius 1 is 1.18 bits per heavy atom. The van der Waals surface area contributed by atoms with Crippen molar-refractivity contribution in [2.45, 2.75) is 18.2 Å². The number of rotatable bonds is 5. The maximum atomic E-state index is 13.1. The molecule has 1 saturated heterocycles. The monoisotopic (exact) mass is 404 g/mol. The number of nitrogens with two attached hydrogens (primary N) is 1. The number of methoxy groups -OCH3 is 1. The van der Waals surface area contributed by atoms with Gasteiger partial charge in [0, 0.05) is 26.2 Å². The number of esters is 1. The van der Waals surface area contributed by atoms with E-state index in [2.05, 4.69) is 4.98 Å². The van der Waals surface area contributed by atoms with Crippen LogP contribution in [0.1, 0.15) is 11.1 Å². The third-order valence-electron chi connectivity index (χ3n) is 4.85. The maximum Gasteiger partial charge on any atom is 0.309 e. The van der Waals surface area contributed by atoms with Crippen LogP contribution in [0.3, 0.4) is 0 Å². The van der Waals surface area contributed by atoms with Crippen LogP contribution >= 0.6 is 0 Å². The fourth-order valence-electron chi connectivity index (χ4n) is 3.12. The molecule has 0 amide bonds. The van der Waals surface area contributed by atoms with Gasteiger partial charge in [0.05, 0.1) is 30.3 Å². The molecule has 8 nitrogen and oxygen atoms in total. The molecular weight excluding hydrogens is 380 g/mol. The van der Waals surface area contributed by atoms with E-state index in [-0.39, 0.29) is 11.3 Å². The molecule has 9 heteroatoms. The summed E-state index contributed by atoms with van der Waals surface area (Å²) in [5.74, 6) is 0.379. The van der Waals surface area contributed by atoms with Gasteiger partial charge in [0.1, 0.15) is 5.82 Å². The van der Waals surface area contributed by atoms with E-state index in [1.165, 1.54) is 11.4 Å². The van der Waals surface area contributed by atoms with E-state index in [0.29, 0.717) is 37.4 Å². The number of nitrogen functional groups attached to an aromatic ring is 1. The van der Waals surface area contributed by atoms with Crippen molar-refractivity contribution < 1.29 is 17.9 Å². The minimum atomic E-state index is -3.64. The lowest BCUT2D eigenvalue weighted by atomic mass is 10.1. The van der Waals surface area contributed by atoms with Crippen molar-refractivity contribution in [3.05, 3.63) is 47.7 Å². The number of piperazine rings is 1. The Hall–Kier alpha value is -2.65. The fourth-order valence-corrected chi connectivity index (χ4v) is 4.59. The Kier molecular flexibility index (Phi) is 5.85. The van der Waals surface area contributed by atoms with Gasteiger partial charge in [0.15, 0.2) is 0 Å². The second-order valence-corrected chi connectivity index (χ2v) is 8.62. The summed E-state index contributed by atoms with van der Waals surface area (Å²) in [5, 5.41) is 0. The number of nitrogens with zero attached hydrogens (tertiary/aromatic N) is 3. The molecule has 0 aliphatic carbocycles. The molecule has 2 heterocycles. The lowest BCUT2D eigenvalue weighted by Gasteiger charge is -2.34. The zero-order chi connectivity index (χ0) is 20.3. The average molecular weight is 404 g/mol. The summed E-state index contributed by atoms with van der Waals surface area (Å²) < 4.78 is 32.3. The number of sulfonamides is 1. The standard InChI is InChI=1S/C19H24N4O4S/c1-14-3-5-17(11-15(14)12-19(24)27-2)28(25,26)23-9-7-22(8-10-23)18-6-4-16(20)13-21-18/h3-6,11,13H,7-10,12,20H2,1-2H3. The highest BCUT2D eigenvalue weighted by Gasteiger charge is 2.29. The molecule has 0 unspecified atom stereocenters. The molecule has 28 heavy (non-hydrogen) atoms. The fraction of sp³-hybridized carbons (Fsp3) is 0.368. The van der Waals surface area contributed by atoms with Crippen LogP contribution in [0.2, 0.25) is 0 Å². The molecule has 1 aromatic carbocycles. The van der Waals surface area contributed by atoms with E-state index in [4.69, 9.17) is 10.5 Å². The van der Waals surface area contributed by atoms with Crippen LogP contribution in [0.5, 0.6) is 0 Å². The van der Waals surface area contributed by atoms with Crippen molar-refractivity contribution in [2.75, 3.05) is 43.9 Å². The van der Waals surface area contributed by atoms with E-state index in [9.17, 15) is 13.2 Å². The first kappa shape index (κ1) is 20.1. The number of ether oxygens (including phenoxy) is 1. The highest BCUT2D eigenvalue weighted by atomic mass is 32.2. The van der Waals surface area contributed by atoms with Crippen LogP contribution < -0.4 is 10.6 Å². The molecule has 0 bridgehead atoms. The minimum Gasteiger partial charge on any atom is -0.469 e. The normalized spacial score (nSPS) is 15.4. The van der Waals surface area contributed by atoms with Crippen molar-refractivity contribution >= 4 is 27.5 Å². The Balaban J connectivity index is 1.74. The van der Waals surface area contributed by atoms with Gasteiger partial charge >= 0.3 is 5.97 Å². The minimum absolute atomic E-state index is 0.0439. The second-order valence-electron chi connectivity index (χ2n) is 6.68. The summed E-state index contributed by atoms with van der Waals surface area (Å²) in [4.78, 5) is 18.1. The van der Waals surface area contributed by atoms with Crippen molar-refractivity contribution in [1.29, 1.82) is 0 Å². The largest absolute Gasteiger partial charge is 0.469 e. The van der Waals surface area contributed by atoms with Gasteiger partial charge in [-0.2, -0.15) is 4.31 Å². The molecule has 1 fully saturated rings. The number of aromatic nitrogens is 1. The molecule has 3 rings (SSSR count). The summed E-state index contributed by atoms with van der Waals surface area (Å²) >= 11 is 0. The Bertz CT molecular complexity index is 952. The van der Waals surface area contributed by atoms with Crippen molar-refractivity contribution in [1.82, 2.24) is 9.29 Å². The topological polar surface area (TPSA) is 106 Å². The lowest BCUT2D eigenvalue weighted by Crippen LogP contribution is -2.48. The summed E-state index contributed by atoms with van der Waals surface area (Å²) in [6, 6.07) is 8.48. The SMILES string of the molecule is COC(=O)Cc1cc(S(=O)(=O)N2CCN(c3ccc(N)cn3)CC2)ccc1C.